The van der Waals surface area contributed by atoms with Gasteiger partial charge in [-0.2, -0.15) is 0 Å². The van der Waals surface area contributed by atoms with E-state index in [4.69, 9.17) is 0 Å². The quantitative estimate of drug-likeness (QED) is 0.430. The van der Waals surface area contributed by atoms with Gasteiger partial charge >= 0.3 is 0 Å². The van der Waals surface area contributed by atoms with Crippen LogP contribution in [0.1, 0.15) is 19.8 Å². The van der Waals surface area contributed by atoms with Crippen LogP contribution in [-0.2, 0) is 0 Å². The molecule has 1 saturated carbocycles. The van der Waals surface area contributed by atoms with Gasteiger partial charge in [0.25, 0.3) is 0 Å². The van der Waals surface area contributed by atoms with Crippen molar-refractivity contribution < 1.29 is 0 Å². The van der Waals surface area contributed by atoms with Crippen molar-refractivity contribution in [3.05, 3.63) is 115 Å². The minimum atomic E-state index is -2.24. The highest BCUT2D eigenvalue weighted by Gasteiger charge is 2.52. The molecule has 0 heterocycles. The van der Waals surface area contributed by atoms with Crippen molar-refractivity contribution in [2.24, 2.45) is 11.8 Å². The van der Waals surface area contributed by atoms with Crippen LogP contribution >= 0.6 is 0 Å². The number of hydrogen-bond donors (Lipinski definition) is 0. The molecule has 3 aromatic rings. The third kappa shape index (κ3) is 2.96. The molecule has 3 aromatic carbocycles. The van der Waals surface area contributed by atoms with Gasteiger partial charge in [0, 0.05) is 0 Å². The van der Waals surface area contributed by atoms with Crippen molar-refractivity contribution in [1.82, 2.24) is 0 Å². The first-order valence-corrected chi connectivity index (χ1v) is 12.9. The van der Waals surface area contributed by atoms with Crippen molar-refractivity contribution in [1.29, 1.82) is 0 Å². The summed E-state index contributed by atoms with van der Waals surface area (Å²) >= 11 is 0. The molecule has 0 saturated heterocycles. The predicted molar refractivity (Wildman–Crippen MR) is 127 cm³/mol. The fraction of sp³-hybridized carbons (Fsp3) is 0.214. The Morgan fingerprint density at radius 3 is 1.66 bits per heavy atom. The van der Waals surface area contributed by atoms with Gasteiger partial charge < -0.3 is 0 Å². The summed E-state index contributed by atoms with van der Waals surface area (Å²) in [6, 6.07) is 34.2. The van der Waals surface area contributed by atoms with Gasteiger partial charge in [-0.05, 0) is 45.8 Å². The van der Waals surface area contributed by atoms with Gasteiger partial charge in [-0.3, -0.25) is 0 Å². The molecule has 144 valence electrons. The second kappa shape index (κ2) is 7.65. The van der Waals surface area contributed by atoms with Crippen molar-refractivity contribution in [3.8, 4) is 0 Å². The van der Waals surface area contributed by atoms with E-state index in [9.17, 15) is 0 Å². The van der Waals surface area contributed by atoms with Crippen molar-refractivity contribution in [2.75, 3.05) is 0 Å². The summed E-state index contributed by atoms with van der Waals surface area (Å²) in [5, 5.41) is 4.60. The summed E-state index contributed by atoms with van der Waals surface area (Å²) in [6.45, 7) is 2.47. The van der Waals surface area contributed by atoms with Crippen LogP contribution in [0.15, 0.2) is 115 Å². The molecule has 0 bridgehead atoms. The van der Waals surface area contributed by atoms with E-state index in [0.717, 1.165) is 5.92 Å². The largest absolute Gasteiger partial charge is 0.155 e. The average molecular weight is 393 g/mol. The molecule has 3 atom stereocenters. The molecule has 0 spiro atoms. The van der Waals surface area contributed by atoms with Gasteiger partial charge in [0.15, 0.2) is 8.07 Å². The highest BCUT2D eigenvalue weighted by atomic mass is 28.3. The minimum Gasteiger partial charge on any atom is -0.0839 e. The van der Waals surface area contributed by atoms with Gasteiger partial charge in [-0.1, -0.05) is 122 Å². The molecular formula is C28H28Si. The molecule has 5 rings (SSSR count). The van der Waals surface area contributed by atoms with Gasteiger partial charge in [0.1, 0.15) is 0 Å². The maximum Gasteiger partial charge on any atom is 0.155 e. The van der Waals surface area contributed by atoms with Crippen LogP contribution in [0.2, 0.25) is 5.54 Å². The molecule has 1 heteroatoms. The van der Waals surface area contributed by atoms with Gasteiger partial charge in [0.2, 0.25) is 0 Å². The fourth-order valence-electron chi connectivity index (χ4n) is 5.91. The normalized spacial score (nSPS) is 23.5. The average Bonchev–Trinajstić information content (AvgIpc) is 3.14. The SMILES string of the molecule is CC1CC([Si](c2ccccc2)(c2ccccc2)c2ccccc2)C2=CC=CCC21. The minimum absolute atomic E-state index is 0.597. The van der Waals surface area contributed by atoms with Crippen LogP contribution < -0.4 is 15.6 Å². The molecule has 0 aliphatic heterocycles. The lowest BCUT2D eigenvalue weighted by Crippen LogP contribution is -2.69. The molecule has 3 unspecified atom stereocenters. The summed E-state index contributed by atoms with van der Waals surface area (Å²) in [5.74, 6) is 1.44. The third-order valence-electron chi connectivity index (χ3n) is 7.15. The van der Waals surface area contributed by atoms with E-state index in [1.165, 1.54) is 28.4 Å². The summed E-state index contributed by atoms with van der Waals surface area (Å²) in [6.07, 6.45) is 9.61. The van der Waals surface area contributed by atoms with Gasteiger partial charge in [0.05, 0.1) is 0 Å². The molecule has 29 heavy (non-hydrogen) atoms. The fourth-order valence-corrected chi connectivity index (χ4v) is 11.8. The van der Waals surface area contributed by atoms with Crippen LogP contribution in [0, 0.1) is 11.8 Å². The van der Waals surface area contributed by atoms with Crippen LogP contribution in [0.3, 0.4) is 0 Å². The van der Waals surface area contributed by atoms with Crippen LogP contribution in [0.4, 0.5) is 0 Å². The zero-order chi connectivity index (χ0) is 19.7. The Balaban J connectivity index is 1.84. The molecule has 0 radical (unpaired) electrons. The van der Waals surface area contributed by atoms with Crippen LogP contribution in [0.25, 0.3) is 0 Å². The maximum atomic E-state index is 2.47. The van der Waals surface area contributed by atoms with E-state index in [-0.39, 0.29) is 0 Å². The molecule has 2 aliphatic carbocycles. The zero-order valence-electron chi connectivity index (χ0n) is 17.0. The Hall–Kier alpha value is -2.64. The summed E-state index contributed by atoms with van der Waals surface area (Å²) < 4.78 is 0. The summed E-state index contributed by atoms with van der Waals surface area (Å²) in [5.41, 5.74) is 2.29. The number of rotatable bonds is 4. The Kier molecular flexibility index (Phi) is 4.85. The van der Waals surface area contributed by atoms with E-state index >= 15 is 0 Å². The molecule has 0 N–H and O–H groups in total. The van der Waals surface area contributed by atoms with E-state index in [0.29, 0.717) is 11.5 Å². The number of hydrogen-bond acceptors (Lipinski definition) is 0. The molecule has 2 aliphatic rings. The summed E-state index contributed by atoms with van der Waals surface area (Å²) in [7, 11) is -2.24. The Labute approximate surface area is 175 Å². The highest BCUT2D eigenvalue weighted by Crippen LogP contribution is 2.51. The first-order valence-electron chi connectivity index (χ1n) is 10.8. The predicted octanol–water partition coefficient (Wildman–Crippen LogP) is 5.07. The van der Waals surface area contributed by atoms with Crippen molar-refractivity contribution in [3.63, 3.8) is 0 Å². The lowest BCUT2D eigenvalue weighted by atomic mass is 9.89. The van der Waals surface area contributed by atoms with Crippen molar-refractivity contribution >= 4 is 23.6 Å². The smallest absolute Gasteiger partial charge is 0.0839 e. The lowest BCUT2D eigenvalue weighted by molar-refractivity contribution is 0.461. The van der Waals surface area contributed by atoms with Crippen LogP contribution in [0.5, 0.6) is 0 Å². The standard InChI is InChI=1S/C28H28Si/c1-22-21-28(27-20-12-11-19-26(22)27)29(23-13-5-2-6-14-23,24-15-7-3-8-16-24)25-17-9-4-10-18-25/h2-18,20,22,26,28H,19,21H2,1H3. The van der Waals surface area contributed by atoms with E-state index in [1.54, 1.807) is 5.57 Å². The lowest BCUT2D eigenvalue weighted by Gasteiger charge is -2.40. The zero-order valence-corrected chi connectivity index (χ0v) is 18.0. The monoisotopic (exact) mass is 392 g/mol. The molecule has 0 aromatic heterocycles. The van der Waals surface area contributed by atoms with Gasteiger partial charge in [-0.25, -0.2) is 0 Å². The Morgan fingerprint density at radius 2 is 1.17 bits per heavy atom. The number of benzene rings is 3. The third-order valence-corrected chi connectivity index (χ3v) is 12.5. The molecule has 0 amide bonds. The van der Waals surface area contributed by atoms with Crippen LogP contribution in [-0.4, -0.2) is 8.07 Å². The maximum absolute atomic E-state index is 2.47. The molecular weight excluding hydrogens is 364 g/mol. The highest BCUT2D eigenvalue weighted by molar-refractivity contribution is 7.12. The Bertz CT molecular complexity index is 921. The number of allylic oxidation sites excluding steroid dienone is 4. The Morgan fingerprint density at radius 1 is 0.690 bits per heavy atom. The van der Waals surface area contributed by atoms with E-state index < -0.39 is 8.07 Å². The molecule has 1 fully saturated rings. The second-order valence-corrected chi connectivity index (χ2v) is 12.7. The van der Waals surface area contributed by atoms with E-state index in [1.807, 2.05) is 0 Å². The van der Waals surface area contributed by atoms with E-state index in [2.05, 4.69) is 116 Å². The van der Waals surface area contributed by atoms with Crippen molar-refractivity contribution in [2.45, 2.75) is 25.3 Å². The topological polar surface area (TPSA) is 0 Å². The summed E-state index contributed by atoms with van der Waals surface area (Å²) in [4.78, 5) is 0. The second-order valence-electron chi connectivity index (χ2n) is 8.61. The first kappa shape index (κ1) is 18.4. The van der Waals surface area contributed by atoms with Gasteiger partial charge in [-0.15, -0.1) is 0 Å². The molecule has 0 nitrogen and oxygen atoms in total. The first-order chi connectivity index (χ1) is 14.3. The number of fused-ring (bicyclic) bond motifs is 1.